The maximum Gasteiger partial charge on any atom is 0.416 e. The van der Waals surface area contributed by atoms with Crippen LogP contribution in [0.1, 0.15) is 52.4 Å². The van der Waals surface area contributed by atoms with Crippen LogP contribution in [-0.2, 0) is 12.7 Å². The van der Waals surface area contributed by atoms with Crippen molar-refractivity contribution in [3.05, 3.63) is 70.6 Å². The van der Waals surface area contributed by atoms with E-state index in [-0.39, 0.29) is 16.2 Å². The van der Waals surface area contributed by atoms with Gasteiger partial charge >= 0.3 is 6.18 Å². The minimum absolute atomic E-state index is 0.0281. The summed E-state index contributed by atoms with van der Waals surface area (Å²) >= 11 is 1.11. The standard InChI is InChI=1S/C32H38F3N7O2S/c1-21(24-5-3-4-6-25(24)32(33,34)35)44-28-16-29(45-30(28)31(36)43)42-20-38-26-17-37-23(15-27(26)42)19-41-13-11-40(12-14-41)18-22-7-9-39(2)10-8-22/h3-6,15-17,20-22H,7-14,18-19H2,1-2H3,(H2,36,43)/t21-/m1/s1. The predicted molar refractivity (Wildman–Crippen MR) is 168 cm³/mol. The van der Waals surface area contributed by atoms with Crippen LogP contribution in [0.4, 0.5) is 13.2 Å². The Morgan fingerprint density at radius 2 is 1.78 bits per heavy atom. The number of fused-ring (bicyclic) bond motifs is 1. The Labute approximate surface area is 264 Å². The van der Waals surface area contributed by atoms with E-state index in [4.69, 9.17) is 10.5 Å². The topological polar surface area (TPSA) is 92.8 Å². The summed E-state index contributed by atoms with van der Waals surface area (Å²) in [5.41, 5.74) is 7.26. The Kier molecular flexibility index (Phi) is 9.14. The number of nitrogens with zero attached hydrogens (tertiary/aromatic N) is 6. The van der Waals surface area contributed by atoms with Crippen LogP contribution in [0.3, 0.4) is 0 Å². The zero-order chi connectivity index (χ0) is 31.7. The van der Waals surface area contributed by atoms with Crippen molar-refractivity contribution in [1.29, 1.82) is 0 Å². The van der Waals surface area contributed by atoms with Crippen molar-refractivity contribution in [2.45, 2.75) is 38.6 Å². The van der Waals surface area contributed by atoms with Crippen molar-refractivity contribution in [3.63, 3.8) is 0 Å². The largest absolute Gasteiger partial charge is 0.484 e. The molecule has 0 radical (unpaired) electrons. The normalized spacial score (nSPS) is 18.4. The second-order valence-corrected chi connectivity index (χ2v) is 13.1. The molecule has 9 nitrogen and oxygen atoms in total. The molecule has 0 aliphatic carbocycles. The summed E-state index contributed by atoms with van der Waals surface area (Å²) < 4.78 is 48.7. The zero-order valence-electron chi connectivity index (χ0n) is 25.5. The Morgan fingerprint density at radius 3 is 2.49 bits per heavy atom. The summed E-state index contributed by atoms with van der Waals surface area (Å²) in [6.45, 7) is 9.85. The summed E-state index contributed by atoms with van der Waals surface area (Å²) in [6.07, 6.45) is 0.413. The Hall–Kier alpha value is -3.52. The number of piperidine rings is 1. The van der Waals surface area contributed by atoms with Crippen LogP contribution in [-0.4, -0.2) is 88.0 Å². The van der Waals surface area contributed by atoms with E-state index in [1.165, 1.54) is 57.6 Å². The Morgan fingerprint density at radius 1 is 1.07 bits per heavy atom. The number of piperazine rings is 1. The monoisotopic (exact) mass is 641 g/mol. The van der Waals surface area contributed by atoms with E-state index in [0.717, 1.165) is 60.7 Å². The number of nitrogens with two attached hydrogens (primary N) is 1. The van der Waals surface area contributed by atoms with Gasteiger partial charge in [0.2, 0.25) is 0 Å². The van der Waals surface area contributed by atoms with Gasteiger partial charge in [0.25, 0.3) is 5.91 Å². The van der Waals surface area contributed by atoms with Crippen molar-refractivity contribution in [1.82, 2.24) is 29.2 Å². The molecule has 2 saturated heterocycles. The third-order valence-electron chi connectivity index (χ3n) is 8.85. The highest BCUT2D eigenvalue weighted by Crippen LogP contribution is 2.39. The number of halogens is 3. The van der Waals surface area contributed by atoms with E-state index in [1.54, 1.807) is 18.6 Å². The van der Waals surface area contributed by atoms with Crippen LogP contribution in [0.25, 0.3) is 16.0 Å². The lowest BCUT2D eigenvalue weighted by Gasteiger charge is -2.38. The molecule has 6 rings (SSSR count). The maximum absolute atomic E-state index is 13.6. The average molecular weight is 642 g/mol. The summed E-state index contributed by atoms with van der Waals surface area (Å²) in [5.74, 6) is 0.190. The number of carbonyl (C=O) groups excluding carboxylic acids is 1. The quantitative estimate of drug-likeness (QED) is 0.269. The highest BCUT2D eigenvalue weighted by molar-refractivity contribution is 7.16. The van der Waals surface area contributed by atoms with Crippen LogP contribution >= 0.6 is 11.3 Å². The number of ether oxygens (including phenoxy) is 1. The van der Waals surface area contributed by atoms with E-state index >= 15 is 0 Å². The lowest BCUT2D eigenvalue weighted by atomic mass is 9.96. The van der Waals surface area contributed by atoms with Gasteiger partial charge < -0.3 is 20.3 Å². The minimum Gasteiger partial charge on any atom is -0.484 e. The third-order valence-corrected chi connectivity index (χ3v) is 9.98. The molecule has 0 spiro atoms. The van der Waals surface area contributed by atoms with Crippen molar-refractivity contribution in [2.75, 3.05) is 52.9 Å². The molecular weight excluding hydrogens is 603 g/mol. The van der Waals surface area contributed by atoms with E-state index in [0.29, 0.717) is 17.1 Å². The third kappa shape index (κ3) is 7.16. The van der Waals surface area contributed by atoms with Crippen LogP contribution in [0.2, 0.25) is 0 Å². The van der Waals surface area contributed by atoms with Gasteiger partial charge in [0.05, 0.1) is 23.0 Å². The molecule has 1 atom stereocenters. The first kappa shape index (κ1) is 31.5. The summed E-state index contributed by atoms with van der Waals surface area (Å²) in [6, 6.07) is 8.88. The van der Waals surface area contributed by atoms with Gasteiger partial charge in [-0.2, -0.15) is 13.2 Å². The number of carbonyl (C=O) groups is 1. The molecule has 45 heavy (non-hydrogen) atoms. The van der Waals surface area contributed by atoms with E-state index in [2.05, 4.69) is 31.7 Å². The smallest absolute Gasteiger partial charge is 0.416 e. The maximum atomic E-state index is 13.6. The molecule has 2 N–H and O–H groups in total. The second kappa shape index (κ2) is 13.1. The molecule has 4 aromatic rings. The van der Waals surface area contributed by atoms with Gasteiger partial charge in [-0.15, -0.1) is 11.3 Å². The number of primary amides is 1. The van der Waals surface area contributed by atoms with Gasteiger partial charge in [-0.25, -0.2) is 4.98 Å². The van der Waals surface area contributed by atoms with Crippen molar-refractivity contribution >= 4 is 28.3 Å². The molecule has 3 aromatic heterocycles. The zero-order valence-corrected chi connectivity index (χ0v) is 26.3. The molecule has 240 valence electrons. The number of amides is 1. The number of rotatable bonds is 9. The number of imidazole rings is 1. The van der Waals surface area contributed by atoms with E-state index < -0.39 is 23.8 Å². The molecule has 2 aliphatic rings. The number of alkyl halides is 3. The summed E-state index contributed by atoms with van der Waals surface area (Å²) in [7, 11) is 2.20. The lowest BCUT2D eigenvalue weighted by Crippen LogP contribution is -2.48. The van der Waals surface area contributed by atoms with Crippen LogP contribution in [0, 0.1) is 5.92 Å². The van der Waals surface area contributed by atoms with Gasteiger partial charge in [-0.3, -0.25) is 19.2 Å². The van der Waals surface area contributed by atoms with E-state index in [1.807, 2.05) is 10.6 Å². The van der Waals surface area contributed by atoms with Crippen LogP contribution in [0.15, 0.2) is 48.9 Å². The fraction of sp³-hybridized carbons (Fsp3) is 0.469. The summed E-state index contributed by atoms with van der Waals surface area (Å²) in [4.78, 5) is 29.0. The fourth-order valence-electron chi connectivity index (χ4n) is 6.29. The lowest BCUT2D eigenvalue weighted by molar-refractivity contribution is -0.139. The number of pyridine rings is 1. The minimum atomic E-state index is -4.54. The number of benzene rings is 1. The number of hydrogen-bond acceptors (Lipinski definition) is 8. The van der Waals surface area contributed by atoms with Crippen LogP contribution < -0.4 is 10.5 Å². The van der Waals surface area contributed by atoms with Crippen LogP contribution in [0.5, 0.6) is 5.75 Å². The SMILES string of the molecule is C[C@@H](Oc1cc(-n2cnc3cnc(CN4CCN(CC5CCN(C)CC5)CC4)cc32)sc1C(N)=O)c1ccccc1C(F)(F)F. The number of aromatic nitrogens is 3. The predicted octanol–water partition coefficient (Wildman–Crippen LogP) is 5.20. The van der Waals surface area contributed by atoms with Gasteiger partial charge in [-0.1, -0.05) is 18.2 Å². The van der Waals surface area contributed by atoms with Gasteiger partial charge in [0, 0.05) is 50.9 Å². The first-order valence-electron chi connectivity index (χ1n) is 15.3. The molecule has 0 saturated carbocycles. The first-order valence-corrected chi connectivity index (χ1v) is 16.1. The fourth-order valence-corrected chi connectivity index (χ4v) is 7.22. The molecule has 5 heterocycles. The Bertz CT molecular complexity index is 1640. The number of likely N-dealkylation sites (tertiary alicyclic amines) is 1. The van der Waals surface area contributed by atoms with Crippen molar-refractivity contribution < 1.29 is 22.7 Å². The highest BCUT2D eigenvalue weighted by Gasteiger charge is 2.35. The number of hydrogen-bond donors (Lipinski definition) is 1. The second-order valence-electron chi connectivity index (χ2n) is 12.1. The Balaban J connectivity index is 1.16. The van der Waals surface area contributed by atoms with Gasteiger partial charge in [0.1, 0.15) is 33.6 Å². The van der Waals surface area contributed by atoms with Crippen molar-refractivity contribution in [2.24, 2.45) is 11.7 Å². The molecule has 1 amide bonds. The van der Waals surface area contributed by atoms with Gasteiger partial charge in [0.15, 0.2) is 0 Å². The molecule has 1 aromatic carbocycles. The highest BCUT2D eigenvalue weighted by atomic mass is 32.1. The summed E-state index contributed by atoms with van der Waals surface area (Å²) in [5, 5.41) is 0.609. The molecule has 2 fully saturated rings. The average Bonchev–Trinajstić information content (AvgIpc) is 3.63. The molecule has 13 heteroatoms. The van der Waals surface area contributed by atoms with Crippen molar-refractivity contribution in [3.8, 4) is 10.8 Å². The van der Waals surface area contributed by atoms with Gasteiger partial charge in [-0.05, 0) is 58.0 Å². The molecule has 2 aliphatic heterocycles. The molecular formula is C32H38F3N7O2S. The van der Waals surface area contributed by atoms with E-state index in [9.17, 15) is 18.0 Å². The first-order chi connectivity index (χ1) is 21.5. The molecule has 0 unspecified atom stereocenters. The molecule has 0 bridgehead atoms. The number of thiophene rings is 1.